The summed E-state index contributed by atoms with van der Waals surface area (Å²) >= 11 is 7.58. The number of halogens is 1. The van der Waals surface area contributed by atoms with Crippen LogP contribution in [0.25, 0.3) is 0 Å². The highest BCUT2D eigenvalue weighted by Crippen LogP contribution is 2.38. The summed E-state index contributed by atoms with van der Waals surface area (Å²) in [6.45, 7) is 0. The SMILES string of the molecule is O=C(NNC(=O)c1cc(C2CC2)[nH]n1)c1ccc(CSc2ccc(Cl)cc2)cc1. The molecule has 0 bridgehead atoms. The number of carbonyl (C=O) groups is 2. The molecule has 148 valence electrons. The molecule has 2 aromatic carbocycles. The highest BCUT2D eigenvalue weighted by molar-refractivity contribution is 7.98. The maximum atomic E-state index is 12.3. The molecule has 29 heavy (non-hydrogen) atoms. The largest absolute Gasteiger partial charge is 0.290 e. The van der Waals surface area contributed by atoms with Gasteiger partial charge in [0.2, 0.25) is 0 Å². The number of amides is 2. The van der Waals surface area contributed by atoms with E-state index in [0.717, 1.165) is 34.7 Å². The van der Waals surface area contributed by atoms with E-state index in [0.29, 0.717) is 16.5 Å². The van der Waals surface area contributed by atoms with Gasteiger partial charge in [0.1, 0.15) is 0 Å². The highest BCUT2D eigenvalue weighted by atomic mass is 35.5. The molecule has 2 amide bonds. The lowest BCUT2D eigenvalue weighted by Crippen LogP contribution is -2.41. The summed E-state index contributed by atoms with van der Waals surface area (Å²) in [5, 5.41) is 7.58. The average molecular weight is 427 g/mol. The van der Waals surface area contributed by atoms with Crippen LogP contribution in [-0.2, 0) is 5.75 Å². The van der Waals surface area contributed by atoms with E-state index in [2.05, 4.69) is 21.0 Å². The number of aromatic nitrogens is 2. The summed E-state index contributed by atoms with van der Waals surface area (Å²) in [5.41, 5.74) is 7.61. The van der Waals surface area contributed by atoms with Crippen molar-refractivity contribution in [2.24, 2.45) is 0 Å². The summed E-state index contributed by atoms with van der Waals surface area (Å²) in [4.78, 5) is 25.5. The van der Waals surface area contributed by atoms with Crippen molar-refractivity contribution in [3.8, 4) is 0 Å². The first-order chi connectivity index (χ1) is 14.1. The molecule has 0 radical (unpaired) electrons. The standard InChI is InChI=1S/C21H19ClN4O2S/c22-16-7-9-17(10-8-16)29-12-13-1-3-15(4-2-13)20(27)25-26-21(28)19-11-18(23-24-19)14-5-6-14/h1-4,7-11,14H,5-6,12H2,(H,23,24)(H,25,27)(H,26,28). The first-order valence-corrected chi connectivity index (χ1v) is 10.6. The normalized spacial score (nSPS) is 13.1. The monoisotopic (exact) mass is 426 g/mol. The lowest BCUT2D eigenvalue weighted by atomic mass is 10.1. The second kappa shape index (κ2) is 8.71. The Morgan fingerprint density at radius 3 is 2.41 bits per heavy atom. The number of thioether (sulfide) groups is 1. The highest BCUT2D eigenvalue weighted by Gasteiger charge is 2.26. The van der Waals surface area contributed by atoms with Crippen molar-refractivity contribution in [1.82, 2.24) is 21.0 Å². The Morgan fingerprint density at radius 1 is 1.03 bits per heavy atom. The molecule has 1 heterocycles. The van der Waals surface area contributed by atoms with Crippen molar-refractivity contribution >= 4 is 35.2 Å². The van der Waals surface area contributed by atoms with Crippen LogP contribution in [0.15, 0.2) is 59.5 Å². The van der Waals surface area contributed by atoms with E-state index in [9.17, 15) is 9.59 Å². The molecule has 1 aromatic heterocycles. The van der Waals surface area contributed by atoms with Gasteiger partial charge in [-0.1, -0.05) is 23.7 Å². The zero-order chi connectivity index (χ0) is 20.2. The minimum absolute atomic E-state index is 0.266. The molecular formula is C21H19ClN4O2S. The lowest BCUT2D eigenvalue weighted by Gasteiger charge is -2.07. The predicted octanol–water partition coefficient (Wildman–Crippen LogP) is 4.31. The van der Waals surface area contributed by atoms with Crippen molar-refractivity contribution < 1.29 is 9.59 Å². The smallest absolute Gasteiger partial charge is 0.281 e. The zero-order valence-corrected chi connectivity index (χ0v) is 17.0. The third kappa shape index (κ3) is 5.19. The van der Waals surface area contributed by atoms with Crippen LogP contribution >= 0.6 is 23.4 Å². The third-order valence-electron chi connectivity index (χ3n) is 4.57. The third-order valence-corrected chi connectivity index (χ3v) is 5.91. The number of aromatic amines is 1. The summed E-state index contributed by atoms with van der Waals surface area (Å²) in [6.07, 6.45) is 2.24. The van der Waals surface area contributed by atoms with Gasteiger partial charge < -0.3 is 0 Å². The molecule has 6 nitrogen and oxygen atoms in total. The van der Waals surface area contributed by atoms with Crippen molar-refractivity contribution in [2.45, 2.75) is 29.4 Å². The van der Waals surface area contributed by atoms with E-state index < -0.39 is 5.91 Å². The van der Waals surface area contributed by atoms with Gasteiger partial charge in [0, 0.05) is 32.8 Å². The van der Waals surface area contributed by atoms with E-state index >= 15 is 0 Å². The van der Waals surface area contributed by atoms with Crippen LogP contribution < -0.4 is 10.9 Å². The van der Waals surface area contributed by atoms with Gasteiger partial charge in [0.15, 0.2) is 5.69 Å². The van der Waals surface area contributed by atoms with Crippen LogP contribution in [0.1, 0.15) is 50.9 Å². The summed E-state index contributed by atoms with van der Waals surface area (Å²) in [7, 11) is 0. The van der Waals surface area contributed by atoms with E-state index in [-0.39, 0.29) is 11.6 Å². The molecule has 1 aliphatic carbocycles. The van der Waals surface area contributed by atoms with Gasteiger partial charge in [-0.15, -0.1) is 11.8 Å². The van der Waals surface area contributed by atoms with Crippen LogP contribution in [0.2, 0.25) is 5.02 Å². The number of nitrogens with zero attached hydrogens (tertiary/aromatic N) is 1. The molecule has 0 saturated heterocycles. The van der Waals surface area contributed by atoms with Gasteiger partial charge in [0.25, 0.3) is 11.8 Å². The second-order valence-electron chi connectivity index (χ2n) is 6.83. The molecule has 1 saturated carbocycles. The summed E-state index contributed by atoms with van der Waals surface area (Å²) in [6, 6.07) is 16.7. The fourth-order valence-electron chi connectivity index (χ4n) is 2.76. The van der Waals surface area contributed by atoms with E-state index in [1.807, 2.05) is 36.4 Å². The lowest BCUT2D eigenvalue weighted by molar-refractivity contribution is 0.0844. The Kier molecular flexibility index (Phi) is 5.87. The van der Waals surface area contributed by atoms with Crippen molar-refractivity contribution in [3.05, 3.63) is 82.1 Å². The minimum atomic E-state index is -0.447. The van der Waals surface area contributed by atoms with Gasteiger partial charge in [-0.2, -0.15) is 5.10 Å². The van der Waals surface area contributed by atoms with Crippen LogP contribution in [-0.4, -0.2) is 22.0 Å². The van der Waals surface area contributed by atoms with Crippen molar-refractivity contribution in [2.75, 3.05) is 0 Å². The molecule has 0 aliphatic heterocycles. The Morgan fingerprint density at radius 2 is 1.72 bits per heavy atom. The van der Waals surface area contributed by atoms with Crippen LogP contribution in [0.4, 0.5) is 0 Å². The Balaban J connectivity index is 1.27. The number of benzene rings is 2. The van der Waals surface area contributed by atoms with Crippen LogP contribution in [0, 0.1) is 0 Å². The number of hydrogen-bond acceptors (Lipinski definition) is 4. The summed E-state index contributed by atoms with van der Waals surface area (Å²) in [5.74, 6) is 0.434. The Hall–Kier alpha value is -2.77. The maximum absolute atomic E-state index is 12.3. The molecule has 8 heteroatoms. The number of nitrogens with one attached hydrogen (secondary N) is 3. The Bertz CT molecular complexity index is 1010. The fraction of sp³-hybridized carbons (Fsp3) is 0.190. The first kappa shape index (κ1) is 19.5. The number of rotatable bonds is 6. The molecule has 0 atom stereocenters. The van der Waals surface area contributed by atoms with Gasteiger partial charge in [-0.3, -0.25) is 25.5 Å². The molecular weight excluding hydrogens is 408 g/mol. The minimum Gasteiger partial charge on any atom is -0.281 e. The first-order valence-electron chi connectivity index (χ1n) is 9.22. The molecule has 4 rings (SSSR count). The van der Waals surface area contributed by atoms with E-state index in [4.69, 9.17) is 11.6 Å². The molecule has 3 aromatic rings. The second-order valence-corrected chi connectivity index (χ2v) is 8.32. The number of hydrazine groups is 1. The molecule has 0 unspecified atom stereocenters. The van der Waals surface area contributed by atoms with Crippen molar-refractivity contribution in [3.63, 3.8) is 0 Å². The topological polar surface area (TPSA) is 86.9 Å². The maximum Gasteiger partial charge on any atom is 0.290 e. The predicted molar refractivity (Wildman–Crippen MR) is 113 cm³/mol. The molecule has 1 aliphatic rings. The van der Waals surface area contributed by atoms with Gasteiger partial charge in [0.05, 0.1) is 0 Å². The summed E-state index contributed by atoms with van der Waals surface area (Å²) < 4.78 is 0. The number of H-pyrrole nitrogens is 1. The van der Waals surface area contributed by atoms with E-state index in [1.165, 1.54) is 0 Å². The van der Waals surface area contributed by atoms with Crippen LogP contribution in [0.5, 0.6) is 0 Å². The molecule has 1 fully saturated rings. The average Bonchev–Trinajstić information content (AvgIpc) is 3.48. The number of carbonyl (C=O) groups excluding carboxylic acids is 2. The Labute approximate surface area is 177 Å². The van der Waals surface area contributed by atoms with Crippen LogP contribution in [0.3, 0.4) is 0 Å². The quantitative estimate of drug-likeness (QED) is 0.405. The zero-order valence-electron chi connectivity index (χ0n) is 15.4. The number of hydrogen-bond donors (Lipinski definition) is 3. The van der Waals surface area contributed by atoms with Gasteiger partial charge >= 0.3 is 0 Å². The van der Waals surface area contributed by atoms with Gasteiger partial charge in [-0.05, 0) is 60.9 Å². The molecule has 0 spiro atoms. The fourth-order valence-corrected chi connectivity index (χ4v) is 3.74. The van der Waals surface area contributed by atoms with E-state index in [1.54, 1.807) is 30.0 Å². The van der Waals surface area contributed by atoms with Crippen molar-refractivity contribution in [1.29, 1.82) is 0 Å². The van der Waals surface area contributed by atoms with Gasteiger partial charge in [-0.25, -0.2) is 0 Å². The molecule has 3 N–H and O–H groups in total.